The number of nitrogens with zero attached hydrogens (tertiary/aromatic N) is 1. The number of benzene rings is 2. The minimum atomic E-state index is -4.79. The Morgan fingerprint density at radius 2 is 1.81 bits per heavy atom. The van der Waals surface area contributed by atoms with Crippen LogP contribution in [0.1, 0.15) is 15.9 Å². The van der Waals surface area contributed by atoms with Crippen molar-refractivity contribution in [3.05, 3.63) is 72.3 Å². The van der Waals surface area contributed by atoms with Gasteiger partial charge in [-0.1, -0.05) is 30.9 Å². The highest BCUT2D eigenvalue weighted by atomic mass is 19.4. The van der Waals surface area contributed by atoms with Gasteiger partial charge in [-0.25, -0.2) is 0 Å². The maximum Gasteiger partial charge on any atom is 0.573 e. The van der Waals surface area contributed by atoms with E-state index in [1.165, 1.54) is 30.1 Å². The zero-order valence-corrected chi connectivity index (χ0v) is 14.1. The molecular weight excluding hydrogens is 347 g/mol. The van der Waals surface area contributed by atoms with Crippen molar-refractivity contribution in [1.82, 2.24) is 4.90 Å². The Hall–Kier alpha value is -2.96. The Balaban J connectivity index is 2.08. The van der Waals surface area contributed by atoms with Crippen LogP contribution >= 0.6 is 0 Å². The molecule has 7 heteroatoms. The molecule has 26 heavy (non-hydrogen) atoms. The monoisotopic (exact) mass is 365 g/mol. The lowest BCUT2D eigenvalue weighted by Crippen LogP contribution is -2.27. The Morgan fingerprint density at radius 3 is 2.42 bits per heavy atom. The van der Waals surface area contributed by atoms with E-state index in [0.29, 0.717) is 17.9 Å². The van der Waals surface area contributed by atoms with Crippen LogP contribution < -0.4 is 9.47 Å². The maximum atomic E-state index is 12.5. The largest absolute Gasteiger partial charge is 0.573 e. The van der Waals surface area contributed by atoms with Crippen molar-refractivity contribution >= 4 is 5.91 Å². The zero-order chi connectivity index (χ0) is 19.2. The average Bonchev–Trinajstić information content (AvgIpc) is 2.60. The molecule has 0 spiro atoms. The summed E-state index contributed by atoms with van der Waals surface area (Å²) < 4.78 is 46.8. The Morgan fingerprint density at radius 1 is 1.15 bits per heavy atom. The number of amides is 1. The fraction of sp³-hybridized carbons (Fsp3) is 0.211. The lowest BCUT2D eigenvalue weighted by atomic mass is 10.1. The second kappa shape index (κ2) is 8.42. The third-order valence-corrected chi connectivity index (χ3v) is 3.42. The number of ether oxygens (including phenoxy) is 2. The third-order valence-electron chi connectivity index (χ3n) is 3.42. The number of halogens is 3. The van der Waals surface area contributed by atoms with Crippen LogP contribution in [0, 0.1) is 0 Å². The molecule has 0 N–H and O–H groups in total. The summed E-state index contributed by atoms with van der Waals surface area (Å²) in [5.41, 5.74) is 0.652. The van der Waals surface area contributed by atoms with E-state index in [2.05, 4.69) is 11.3 Å². The molecule has 2 aromatic carbocycles. The summed E-state index contributed by atoms with van der Waals surface area (Å²) in [5, 5.41) is 0. The highest BCUT2D eigenvalue weighted by Crippen LogP contribution is 2.27. The first-order chi connectivity index (χ1) is 12.3. The Bertz CT molecular complexity index is 757. The summed E-state index contributed by atoms with van der Waals surface area (Å²) in [6.45, 7) is 3.87. The van der Waals surface area contributed by atoms with E-state index in [1.807, 2.05) is 0 Å². The molecule has 0 fully saturated rings. The predicted octanol–water partition coefficient (Wildman–Crippen LogP) is 4.42. The number of carbonyl (C=O) groups excluding carboxylic acids is 1. The van der Waals surface area contributed by atoms with E-state index in [4.69, 9.17) is 4.74 Å². The number of hydrogen-bond acceptors (Lipinski definition) is 3. The van der Waals surface area contributed by atoms with Gasteiger partial charge in [0.1, 0.15) is 18.1 Å². The van der Waals surface area contributed by atoms with Gasteiger partial charge in [0.05, 0.1) is 0 Å². The molecule has 0 saturated heterocycles. The van der Waals surface area contributed by atoms with Crippen LogP contribution in [0.5, 0.6) is 11.5 Å². The fourth-order valence-electron chi connectivity index (χ4n) is 2.26. The highest BCUT2D eigenvalue weighted by Gasteiger charge is 2.32. The molecule has 0 unspecified atom stereocenters. The van der Waals surface area contributed by atoms with Gasteiger partial charge < -0.3 is 14.4 Å². The molecule has 1 amide bonds. The van der Waals surface area contributed by atoms with Gasteiger partial charge in [0.2, 0.25) is 0 Å². The van der Waals surface area contributed by atoms with Crippen molar-refractivity contribution in [2.45, 2.75) is 12.9 Å². The number of alkyl halides is 3. The Kier molecular flexibility index (Phi) is 6.27. The normalized spacial score (nSPS) is 10.9. The summed E-state index contributed by atoms with van der Waals surface area (Å²) in [4.78, 5) is 13.8. The minimum absolute atomic E-state index is 0.0280. The van der Waals surface area contributed by atoms with Gasteiger partial charge in [-0.15, -0.1) is 13.2 Å². The second-order valence-corrected chi connectivity index (χ2v) is 5.44. The smallest absolute Gasteiger partial charge is 0.490 e. The van der Waals surface area contributed by atoms with Crippen molar-refractivity contribution in [3.63, 3.8) is 0 Å². The Labute approximate surface area is 149 Å². The van der Waals surface area contributed by atoms with Crippen LogP contribution in [0.2, 0.25) is 0 Å². The van der Waals surface area contributed by atoms with Gasteiger partial charge in [0.15, 0.2) is 0 Å². The summed E-state index contributed by atoms with van der Waals surface area (Å²) in [6, 6.07) is 12.2. The fourth-order valence-corrected chi connectivity index (χ4v) is 2.26. The van der Waals surface area contributed by atoms with Crippen molar-refractivity contribution in [2.75, 3.05) is 13.7 Å². The maximum absolute atomic E-state index is 12.5. The van der Waals surface area contributed by atoms with Crippen LogP contribution in [-0.2, 0) is 6.54 Å². The lowest BCUT2D eigenvalue weighted by Gasteiger charge is -2.20. The van der Waals surface area contributed by atoms with Crippen LogP contribution in [0.3, 0.4) is 0 Å². The highest BCUT2D eigenvalue weighted by molar-refractivity contribution is 5.94. The molecule has 0 bridgehead atoms. The number of para-hydroxylation sites is 1. The summed E-state index contributed by atoms with van der Waals surface area (Å²) in [7, 11) is 1.51. The summed E-state index contributed by atoms with van der Waals surface area (Å²) in [5.74, 6) is -0.0667. The molecule has 4 nitrogen and oxygen atoms in total. The van der Waals surface area contributed by atoms with Crippen molar-refractivity contribution in [3.8, 4) is 11.5 Å². The molecule has 0 aliphatic rings. The third kappa shape index (κ3) is 5.54. The molecule has 138 valence electrons. The van der Waals surface area contributed by atoms with E-state index in [1.54, 1.807) is 36.4 Å². The topological polar surface area (TPSA) is 38.8 Å². The van der Waals surface area contributed by atoms with E-state index in [-0.39, 0.29) is 23.8 Å². The molecule has 0 saturated carbocycles. The predicted molar refractivity (Wildman–Crippen MR) is 91.1 cm³/mol. The van der Waals surface area contributed by atoms with Gasteiger partial charge in [0, 0.05) is 24.7 Å². The molecule has 0 aliphatic heterocycles. The number of carbonyl (C=O) groups is 1. The van der Waals surface area contributed by atoms with Gasteiger partial charge in [-0.05, 0) is 30.3 Å². The van der Waals surface area contributed by atoms with Crippen molar-refractivity contribution < 1.29 is 27.4 Å². The zero-order valence-electron chi connectivity index (χ0n) is 14.1. The number of hydrogen-bond donors (Lipinski definition) is 0. The first-order valence-corrected chi connectivity index (χ1v) is 7.73. The van der Waals surface area contributed by atoms with Crippen LogP contribution in [-0.4, -0.2) is 30.8 Å². The van der Waals surface area contributed by atoms with Gasteiger partial charge in [0.25, 0.3) is 5.91 Å². The minimum Gasteiger partial charge on any atom is -0.490 e. The van der Waals surface area contributed by atoms with E-state index >= 15 is 0 Å². The van der Waals surface area contributed by atoms with Crippen LogP contribution in [0.15, 0.2) is 61.2 Å². The van der Waals surface area contributed by atoms with Gasteiger partial charge in [-0.2, -0.15) is 0 Å². The second-order valence-electron chi connectivity index (χ2n) is 5.44. The average molecular weight is 365 g/mol. The quantitative estimate of drug-likeness (QED) is 0.682. The first-order valence-electron chi connectivity index (χ1n) is 7.73. The molecular formula is C19H18F3NO3. The van der Waals surface area contributed by atoms with E-state index in [0.717, 1.165) is 0 Å². The first kappa shape index (κ1) is 19.4. The van der Waals surface area contributed by atoms with E-state index in [9.17, 15) is 18.0 Å². The van der Waals surface area contributed by atoms with Gasteiger partial charge in [-0.3, -0.25) is 4.79 Å². The van der Waals surface area contributed by atoms with Gasteiger partial charge >= 0.3 is 6.36 Å². The molecule has 2 aromatic rings. The standard InChI is InChI=1S/C19H18F3NO3/c1-3-12-25-16-10-8-14(9-11-16)18(24)23(2)13-15-6-4-5-7-17(15)26-19(20,21)22/h3-11H,1,12-13H2,2H3. The molecule has 2 rings (SSSR count). The summed E-state index contributed by atoms with van der Waals surface area (Å²) >= 11 is 0. The van der Waals surface area contributed by atoms with Crippen LogP contribution in [0.4, 0.5) is 13.2 Å². The van der Waals surface area contributed by atoms with Crippen LogP contribution in [0.25, 0.3) is 0 Å². The van der Waals surface area contributed by atoms with Crippen molar-refractivity contribution in [1.29, 1.82) is 0 Å². The molecule has 0 radical (unpaired) electrons. The molecule has 0 aromatic heterocycles. The lowest BCUT2D eigenvalue weighted by molar-refractivity contribution is -0.275. The molecule has 0 atom stereocenters. The summed E-state index contributed by atoms with van der Waals surface area (Å²) in [6.07, 6.45) is -3.19. The molecule has 0 aliphatic carbocycles. The van der Waals surface area contributed by atoms with Crippen molar-refractivity contribution in [2.24, 2.45) is 0 Å². The number of rotatable bonds is 7. The SMILES string of the molecule is C=CCOc1ccc(C(=O)N(C)Cc2ccccc2OC(F)(F)F)cc1. The van der Waals surface area contributed by atoms with E-state index < -0.39 is 6.36 Å². The molecule has 0 heterocycles.